The molecular weight excluding hydrogens is 344 g/mol. The van der Waals surface area contributed by atoms with Gasteiger partial charge in [-0.15, -0.1) is 0 Å². The highest BCUT2D eigenvalue weighted by atomic mass is 16.7. The highest BCUT2D eigenvalue weighted by Crippen LogP contribution is 2.31. The van der Waals surface area contributed by atoms with E-state index in [9.17, 15) is 9.90 Å². The summed E-state index contributed by atoms with van der Waals surface area (Å²) in [5, 5.41) is 9.77. The maximum atomic E-state index is 12.5. The normalized spacial score (nSPS) is 25.6. The van der Waals surface area contributed by atoms with Crippen molar-refractivity contribution in [3.05, 3.63) is 48.0 Å². The van der Waals surface area contributed by atoms with E-state index in [1.165, 1.54) is 19.3 Å². The average molecular weight is 376 g/mol. The predicted molar refractivity (Wildman–Crippen MR) is 104 cm³/mol. The van der Waals surface area contributed by atoms with E-state index >= 15 is 0 Å². The lowest BCUT2D eigenvalue weighted by molar-refractivity contribution is -0.232. The lowest BCUT2D eigenvalue weighted by Gasteiger charge is -2.40. The highest BCUT2D eigenvalue weighted by molar-refractivity contribution is 5.89. The summed E-state index contributed by atoms with van der Waals surface area (Å²) in [5.41, 5.74) is 0.521. The van der Waals surface area contributed by atoms with Crippen LogP contribution in [-0.2, 0) is 14.2 Å². The molecule has 1 aromatic carbocycles. The first kappa shape index (κ1) is 21.6. The molecular formula is C22H32O5. The van der Waals surface area contributed by atoms with Crippen molar-refractivity contribution in [2.75, 3.05) is 13.7 Å². The Balaban J connectivity index is 2.04. The zero-order valence-corrected chi connectivity index (χ0v) is 16.4. The van der Waals surface area contributed by atoms with Crippen molar-refractivity contribution in [2.45, 2.75) is 63.9 Å². The van der Waals surface area contributed by atoms with E-state index in [2.05, 4.69) is 19.1 Å². The first-order valence-corrected chi connectivity index (χ1v) is 9.89. The van der Waals surface area contributed by atoms with Crippen LogP contribution < -0.4 is 0 Å². The summed E-state index contributed by atoms with van der Waals surface area (Å²) in [7, 11) is 1.56. The number of carbonyl (C=O) groups excluding carboxylic acids is 1. The van der Waals surface area contributed by atoms with Crippen molar-refractivity contribution in [3.8, 4) is 0 Å². The van der Waals surface area contributed by atoms with Crippen molar-refractivity contribution in [1.29, 1.82) is 0 Å². The number of hydrogen-bond donors (Lipinski definition) is 1. The number of benzene rings is 1. The quantitative estimate of drug-likeness (QED) is 0.378. The standard InChI is InChI=1S/C22H32O5/c1-3-4-5-6-7-11-14-18-19(15-21(25-2)26-20(18)16-23)27-22(24)17-12-9-8-10-13-17/h7-13,18-21,23H,3-6,14-16H2,1-2H3/b11-7-/t18-,19+,20+,21-/m0/s1. The first-order chi connectivity index (χ1) is 13.2. The van der Waals surface area contributed by atoms with Crippen LogP contribution in [0.25, 0.3) is 0 Å². The fraction of sp³-hybridized carbons (Fsp3) is 0.591. The fourth-order valence-electron chi connectivity index (χ4n) is 3.39. The molecule has 27 heavy (non-hydrogen) atoms. The van der Waals surface area contributed by atoms with E-state index in [4.69, 9.17) is 14.2 Å². The van der Waals surface area contributed by atoms with Crippen LogP contribution in [0.4, 0.5) is 0 Å². The number of aliphatic hydroxyl groups excluding tert-OH is 1. The van der Waals surface area contributed by atoms with Crippen LogP contribution in [0.15, 0.2) is 42.5 Å². The summed E-state index contributed by atoms with van der Waals surface area (Å²) in [5.74, 6) is -0.456. The van der Waals surface area contributed by atoms with Crippen LogP contribution >= 0.6 is 0 Å². The minimum Gasteiger partial charge on any atom is -0.458 e. The second-order valence-corrected chi connectivity index (χ2v) is 6.93. The molecule has 0 aromatic heterocycles. The summed E-state index contributed by atoms with van der Waals surface area (Å²) in [6.45, 7) is 2.06. The number of hydrogen-bond acceptors (Lipinski definition) is 5. The molecule has 1 aromatic rings. The molecule has 1 heterocycles. The van der Waals surface area contributed by atoms with Crippen molar-refractivity contribution in [2.24, 2.45) is 5.92 Å². The molecule has 0 radical (unpaired) electrons. The Morgan fingerprint density at radius 1 is 1.26 bits per heavy atom. The molecule has 1 aliphatic rings. The molecule has 0 amide bonds. The van der Waals surface area contributed by atoms with Crippen LogP contribution in [0.5, 0.6) is 0 Å². The molecule has 5 heteroatoms. The molecule has 1 aliphatic heterocycles. The zero-order chi connectivity index (χ0) is 19.5. The molecule has 0 aliphatic carbocycles. The molecule has 2 rings (SSSR count). The van der Waals surface area contributed by atoms with Gasteiger partial charge in [0.2, 0.25) is 0 Å². The van der Waals surface area contributed by atoms with E-state index in [0.29, 0.717) is 18.4 Å². The van der Waals surface area contributed by atoms with Crippen molar-refractivity contribution in [3.63, 3.8) is 0 Å². The van der Waals surface area contributed by atoms with Gasteiger partial charge in [0.25, 0.3) is 0 Å². The second-order valence-electron chi connectivity index (χ2n) is 6.93. The number of carbonyl (C=O) groups is 1. The molecule has 5 nitrogen and oxygen atoms in total. The third-order valence-electron chi connectivity index (χ3n) is 4.97. The topological polar surface area (TPSA) is 65.0 Å². The van der Waals surface area contributed by atoms with Crippen LogP contribution in [0.1, 0.15) is 55.8 Å². The van der Waals surface area contributed by atoms with Crippen LogP contribution in [0, 0.1) is 5.92 Å². The van der Waals surface area contributed by atoms with Gasteiger partial charge in [-0.1, -0.05) is 50.1 Å². The number of esters is 1. The van der Waals surface area contributed by atoms with Crippen molar-refractivity contribution < 1.29 is 24.1 Å². The number of ether oxygens (including phenoxy) is 3. The van der Waals surface area contributed by atoms with Gasteiger partial charge in [0.05, 0.1) is 18.3 Å². The largest absolute Gasteiger partial charge is 0.458 e. The molecule has 0 bridgehead atoms. The maximum absolute atomic E-state index is 12.5. The Kier molecular flexibility index (Phi) is 9.53. The van der Waals surface area contributed by atoms with Gasteiger partial charge in [-0.05, 0) is 31.4 Å². The van der Waals surface area contributed by atoms with E-state index in [1.54, 1.807) is 19.2 Å². The highest BCUT2D eigenvalue weighted by Gasteiger charge is 2.40. The van der Waals surface area contributed by atoms with Gasteiger partial charge >= 0.3 is 5.97 Å². The average Bonchev–Trinajstić information content (AvgIpc) is 2.71. The number of aliphatic hydroxyl groups is 1. The van der Waals surface area contributed by atoms with Crippen LogP contribution in [-0.4, -0.2) is 43.3 Å². The minimum atomic E-state index is -0.486. The van der Waals surface area contributed by atoms with Crippen molar-refractivity contribution in [1.82, 2.24) is 0 Å². The fourth-order valence-corrected chi connectivity index (χ4v) is 3.39. The Morgan fingerprint density at radius 2 is 2.04 bits per heavy atom. The third-order valence-corrected chi connectivity index (χ3v) is 4.97. The third kappa shape index (κ3) is 6.76. The van der Waals surface area contributed by atoms with Gasteiger partial charge in [0, 0.05) is 19.4 Å². The summed E-state index contributed by atoms with van der Waals surface area (Å²) < 4.78 is 16.9. The minimum absolute atomic E-state index is 0.100. The van der Waals surface area contributed by atoms with E-state index < -0.39 is 12.4 Å². The Bertz CT molecular complexity index is 571. The smallest absolute Gasteiger partial charge is 0.338 e. The number of unbranched alkanes of at least 4 members (excludes halogenated alkanes) is 3. The number of rotatable bonds is 10. The molecule has 4 atom stereocenters. The first-order valence-electron chi connectivity index (χ1n) is 9.89. The molecule has 0 saturated carbocycles. The monoisotopic (exact) mass is 376 g/mol. The van der Waals surface area contributed by atoms with Gasteiger partial charge in [-0.25, -0.2) is 4.79 Å². The molecule has 1 fully saturated rings. The van der Waals surface area contributed by atoms with Gasteiger partial charge < -0.3 is 19.3 Å². The van der Waals surface area contributed by atoms with Gasteiger partial charge in [0.1, 0.15) is 6.10 Å². The molecule has 0 spiro atoms. The number of allylic oxidation sites excluding steroid dienone is 2. The second kappa shape index (κ2) is 11.9. The molecule has 1 saturated heterocycles. The van der Waals surface area contributed by atoms with Gasteiger partial charge in [-0.3, -0.25) is 0 Å². The Morgan fingerprint density at radius 3 is 2.70 bits per heavy atom. The molecule has 150 valence electrons. The Labute approximate surface area is 162 Å². The van der Waals surface area contributed by atoms with E-state index in [-0.39, 0.29) is 24.6 Å². The predicted octanol–water partition coefficient (Wildman–Crippen LogP) is 4.11. The van der Waals surface area contributed by atoms with Crippen molar-refractivity contribution >= 4 is 5.97 Å². The lowest BCUT2D eigenvalue weighted by atomic mass is 9.87. The van der Waals surface area contributed by atoms with E-state index in [0.717, 1.165) is 6.42 Å². The maximum Gasteiger partial charge on any atom is 0.338 e. The summed E-state index contributed by atoms with van der Waals surface area (Å²) in [6.07, 6.45) is 8.81. The van der Waals surface area contributed by atoms with E-state index in [1.807, 2.05) is 18.2 Å². The summed E-state index contributed by atoms with van der Waals surface area (Å²) in [4.78, 5) is 12.5. The summed E-state index contributed by atoms with van der Waals surface area (Å²) >= 11 is 0. The van der Waals surface area contributed by atoms with Crippen LogP contribution in [0.2, 0.25) is 0 Å². The Hall–Kier alpha value is -1.69. The molecule has 1 N–H and O–H groups in total. The SMILES string of the molecule is CCCCC/C=C\C[C@H]1[C@H](OC(=O)c2ccccc2)C[C@@H](OC)O[C@@H]1CO. The van der Waals surface area contributed by atoms with Gasteiger partial charge in [0.15, 0.2) is 6.29 Å². The summed E-state index contributed by atoms with van der Waals surface area (Å²) in [6, 6.07) is 8.96. The lowest BCUT2D eigenvalue weighted by Crippen LogP contribution is -2.48. The van der Waals surface area contributed by atoms with Gasteiger partial charge in [-0.2, -0.15) is 0 Å². The van der Waals surface area contributed by atoms with Crippen LogP contribution in [0.3, 0.4) is 0 Å². The zero-order valence-electron chi connectivity index (χ0n) is 16.4. The molecule has 0 unspecified atom stereocenters. The number of methoxy groups -OCH3 is 1.